The number of nitrogens with zero attached hydrogens (tertiary/aromatic N) is 5. The minimum atomic E-state index is -0.202. The molecule has 0 radical (unpaired) electrons. The molecule has 0 unspecified atom stereocenters. The lowest BCUT2D eigenvalue weighted by Gasteiger charge is -2.37. The number of piperazine rings is 1. The Morgan fingerprint density at radius 2 is 1.90 bits per heavy atom. The molecule has 1 saturated carbocycles. The number of carbonyl (C=O) groups excluding carboxylic acids is 2. The molecule has 0 spiro atoms. The molecular formula is C22H30N6O2. The molecule has 0 atom stereocenters. The van der Waals surface area contributed by atoms with Crippen LogP contribution in [-0.4, -0.2) is 63.2 Å². The van der Waals surface area contributed by atoms with Gasteiger partial charge in [0.2, 0.25) is 5.91 Å². The second-order valence-electron chi connectivity index (χ2n) is 8.76. The molecular weight excluding hydrogens is 380 g/mol. The Balaban J connectivity index is 1.38. The van der Waals surface area contributed by atoms with Gasteiger partial charge in [-0.2, -0.15) is 5.10 Å². The minimum absolute atomic E-state index is 0.0219. The van der Waals surface area contributed by atoms with Crippen LogP contribution in [0, 0.1) is 5.92 Å². The van der Waals surface area contributed by atoms with Crippen molar-refractivity contribution in [3.05, 3.63) is 42.0 Å². The molecule has 0 aromatic carbocycles. The lowest BCUT2D eigenvalue weighted by molar-refractivity contribution is -0.134. The fourth-order valence-electron chi connectivity index (χ4n) is 4.00. The second-order valence-corrected chi connectivity index (χ2v) is 8.76. The third-order valence-corrected chi connectivity index (χ3v) is 5.95. The summed E-state index contributed by atoms with van der Waals surface area (Å²) in [5, 5.41) is 7.62. The van der Waals surface area contributed by atoms with Crippen LogP contribution in [0.3, 0.4) is 0 Å². The van der Waals surface area contributed by atoms with Crippen LogP contribution in [-0.2, 0) is 18.3 Å². The van der Waals surface area contributed by atoms with Crippen molar-refractivity contribution in [3.63, 3.8) is 0 Å². The van der Waals surface area contributed by atoms with E-state index < -0.39 is 0 Å². The van der Waals surface area contributed by atoms with E-state index >= 15 is 0 Å². The first-order valence-corrected chi connectivity index (χ1v) is 10.7. The van der Waals surface area contributed by atoms with E-state index in [9.17, 15) is 9.59 Å². The summed E-state index contributed by atoms with van der Waals surface area (Å²) in [5.41, 5.74) is 2.19. The van der Waals surface area contributed by atoms with Gasteiger partial charge in [-0.15, -0.1) is 0 Å². The molecule has 8 nitrogen and oxygen atoms in total. The molecule has 1 aliphatic carbocycles. The second kappa shape index (κ2) is 8.08. The zero-order valence-corrected chi connectivity index (χ0v) is 18.0. The summed E-state index contributed by atoms with van der Waals surface area (Å²) in [6.45, 7) is 6.79. The third kappa shape index (κ3) is 4.47. The van der Waals surface area contributed by atoms with Crippen molar-refractivity contribution < 1.29 is 9.59 Å². The fourth-order valence-corrected chi connectivity index (χ4v) is 4.00. The van der Waals surface area contributed by atoms with Gasteiger partial charge in [-0.05, 0) is 31.0 Å². The number of amides is 2. The molecule has 3 heterocycles. The van der Waals surface area contributed by atoms with Gasteiger partial charge in [0.15, 0.2) is 0 Å². The molecule has 1 N–H and O–H groups in total. The van der Waals surface area contributed by atoms with Crippen LogP contribution in [0.25, 0.3) is 0 Å². The predicted octanol–water partition coefficient (Wildman–Crippen LogP) is 1.62. The third-order valence-electron chi connectivity index (χ3n) is 5.95. The Kier molecular flexibility index (Phi) is 5.49. The van der Waals surface area contributed by atoms with Gasteiger partial charge in [0, 0.05) is 69.2 Å². The van der Waals surface area contributed by atoms with Crippen molar-refractivity contribution in [2.75, 3.05) is 31.1 Å². The molecule has 1 saturated heterocycles. The fraction of sp³-hybridized carbons (Fsp3) is 0.545. The maximum atomic E-state index is 12.9. The molecule has 4 rings (SSSR count). The van der Waals surface area contributed by atoms with E-state index in [-0.39, 0.29) is 23.3 Å². The van der Waals surface area contributed by atoms with Gasteiger partial charge in [0.25, 0.3) is 5.91 Å². The first-order chi connectivity index (χ1) is 14.3. The number of aryl methyl sites for hydroxylation is 1. The van der Waals surface area contributed by atoms with Crippen LogP contribution in [0.1, 0.15) is 42.9 Å². The Morgan fingerprint density at radius 3 is 2.50 bits per heavy atom. The molecule has 8 heteroatoms. The molecule has 2 fully saturated rings. The lowest BCUT2D eigenvalue weighted by Crippen LogP contribution is -2.50. The van der Waals surface area contributed by atoms with Crippen LogP contribution in [0.5, 0.6) is 0 Å². The molecule has 30 heavy (non-hydrogen) atoms. The topological polar surface area (TPSA) is 83.4 Å². The van der Waals surface area contributed by atoms with Crippen molar-refractivity contribution in [3.8, 4) is 0 Å². The van der Waals surface area contributed by atoms with Gasteiger partial charge >= 0.3 is 0 Å². The zero-order valence-electron chi connectivity index (χ0n) is 18.0. The molecule has 2 aromatic rings. The van der Waals surface area contributed by atoms with Crippen molar-refractivity contribution >= 4 is 17.5 Å². The summed E-state index contributed by atoms with van der Waals surface area (Å²) in [7, 11) is 1.90. The van der Waals surface area contributed by atoms with E-state index in [2.05, 4.69) is 20.3 Å². The summed E-state index contributed by atoms with van der Waals surface area (Å²) in [5.74, 6) is 0.0830. The standard InChI is InChI=1S/C22H30N6O2/c1-16(2)21(30)28-12-10-27(11-13-28)18-4-8-23-19(14-18)20(29)24-22(6-7-22)15-17-5-9-26(3)25-17/h4-5,8-9,14,16H,6-7,10-13,15H2,1-3H3,(H,24,29). The van der Waals surface area contributed by atoms with Crippen LogP contribution >= 0.6 is 0 Å². The van der Waals surface area contributed by atoms with E-state index in [4.69, 9.17) is 0 Å². The molecule has 2 aliphatic rings. The molecule has 1 aliphatic heterocycles. The summed E-state index contributed by atoms with van der Waals surface area (Å²) in [6, 6.07) is 5.78. The van der Waals surface area contributed by atoms with Gasteiger partial charge in [-0.3, -0.25) is 19.3 Å². The van der Waals surface area contributed by atoms with Crippen molar-refractivity contribution in [2.45, 2.75) is 38.6 Å². The average molecular weight is 411 g/mol. The normalized spacial score (nSPS) is 17.9. The van der Waals surface area contributed by atoms with Crippen molar-refractivity contribution in [1.29, 1.82) is 0 Å². The van der Waals surface area contributed by atoms with Gasteiger partial charge < -0.3 is 15.1 Å². The Hall–Kier alpha value is -2.90. The van der Waals surface area contributed by atoms with Crippen molar-refractivity contribution in [1.82, 2.24) is 25.0 Å². The number of hydrogen-bond acceptors (Lipinski definition) is 5. The summed E-state index contributed by atoms with van der Waals surface area (Å²) in [4.78, 5) is 33.5. The first-order valence-electron chi connectivity index (χ1n) is 10.7. The highest BCUT2D eigenvalue weighted by molar-refractivity contribution is 5.94. The van der Waals surface area contributed by atoms with Gasteiger partial charge in [-0.1, -0.05) is 13.8 Å². The zero-order chi connectivity index (χ0) is 21.3. The number of hydrogen-bond donors (Lipinski definition) is 1. The predicted molar refractivity (Wildman–Crippen MR) is 114 cm³/mol. The van der Waals surface area contributed by atoms with E-state index in [0.717, 1.165) is 43.7 Å². The number of nitrogens with one attached hydrogen (secondary N) is 1. The minimum Gasteiger partial charge on any atom is -0.368 e. The highest BCUT2D eigenvalue weighted by Crippen LogP contribution is 2.38. The summed E-state index contributed by atoms with van der Waals surface area (Å²) >= 11 is 0. The molecule has 160 valence electrons. The van der Waals surface area contributed by atoms with Gasteiger partial charge in [-0.25, -0.2) is 0 Å². The van der Waals surface area contributed by atoms with Crippen LogP contribution < -0.4 is 10.2 Å². The Labute approximate surface area is 177 Å². The number of carbonyl (C=O) groups is 2. The average Bonchev–Trinajstić information content (AvgIpc) is 3.37. The maximum Gasteiger partial charge on any atom is 0.270 e. The number of pyridine rings is 1. The monoisotopic (exact) mass is 410 g/mol. The number of aromatic nitrogens is 3. The van der Waals surface area contributed by atoms with Gasteiger partial charge in [0.1, 0.15) is 5.69 Å². The quantitative estimate of drug-likeness (QED) is 0.783. The Bertz CT molecular complexity index is 925. The summed E-state index contributed by atoms with van der Waals surface area (Å²) < 4.78 is 1.78. The van der Waals surface area contributed by atoms with Crippen LogP contribution in [0.4, 0.5) is 5.69 Å². The number of anilines is 1. The van der Waals surface area contributed by atoms with Crippen molar-refractivity contribution in [2.24, 2.45) is 13.0 Å². The van der Waals surface area contributed by atoms with E-state index in [1.54, 1.807) is 10.9 Å². The van der Waals surface area contributed by atoms with E-state index in [1.165, 1.54) is 0 Å². The summed E-state index contributed by atoms with van der Waals surface area (Å²) in [6.07, 6.45) is 6.27. The number of rotatable bonds is 6. The van der Waals surface area contributed by atoms with Crippen LogP contribution in [0.2, 0.25) is 0 Å². The highest BCUT2D eigenvalue weighted by Gasteiger charge is 2.44. The molecule has 2 aromatic heterocycles. The molecule has 0 bridgehead atoms. The van der Waals surface area contributed by atoms with Crippen LogP contribution in [0.15, 0.2) is 30.6 Å². The smallest absolute Gasteiger partial charge is 0.270 e. The highest BCUT2D eigenvalue weighted by atomic mass is 16.2. The lowest BCUT2D eigenvalue weighted by atomic mass is 10.1. The SMILES string of the molecule is CC(C)C(=O)N1CCN(c2ccnc(C(=O)NC3(Cc4ccn(C)n4)CC3)c2)CC1. The van der Waals surface area contributed by atoms with E-state index in [0.29, 0.717) is 18.8 Å². The van der Waals surface area contributed by atoms with E-state index in [1.807, 2.05) is 50.2 Å². The Morgan fingerprint density at radius 1 is 1.17 bits per heavy atom. The first kappa shape index (κ1) is 20.4. The maximum absolute atomic E-state index is 12.9. The largest absolute Gasteiger partial charge is 0.368 e. The van der Waals surface area contributed by atoms with Gasteiger partial charge in [0.05, 0.1) is 5.69 Å². The molecule has 2 amide bonds.